The van der Waals surface area contributed by atoms with Crippen molar-refractivity contribution in [1.82, 2.24) is 4.90 Å². The zero-order chi connectivity index (χ0) is 18.8. The van der Waals surface area contributed by atoms with Gasteiger partial charge in [-0.25, -0.2) is 0 Å². The molecule has 0 bridgehead atoms. The van der Waals surface area contributed by atoms with Crippen LogP contribution in [0.15, 0.2) is 40.4 Å². The van der Waals surface area contributed by atoms with Crippen LogP contribution in [-0.2, 0) is 0 Å². The minimum atomic E-state index is -0.0980. The van der Waals surface area contributed by atoms with Crippen LogP contribution in [0.5, 0.6) is 5.75 Å². The number of ether oxygens (including phenoxy) is 1. The van der Waals surface area contributed by atoms with Gasteiger partial charge in [0, 0.05) is 28.7 Å². The monoisotopic (exact) mass is 379 g/mol. The maximum atomic E-state index is 12.8. The number of carbonyl (C=O) groups is 1. The van der Waals surface area contributed by atoms with Crippen molar-refractivity contribution in [1.29, 1.82) is 0 Å². The zero-order valence-electron chi connectivity index (χ0n) is 15.7. The smallest absolute Gasteiger partial charge is 0.192 e. The second-order valence-electron chi connectivity index (χ2n) is 7.58. The summed E-state index contributed by atoms with van der Waals surface area (Å²) in [6.45, 7) is 11.8. The molecule has 136 valence electrons. The first kappa shape index (κ1) is 19.9. The number of methoxy groups -OCH3 is 1. The highest BCUT2D eigenvalue weighted by Gasteiger charge is 2.28. The Labute approximate surface area is 160 Å². The number of hydrogen-bond acceptors (Lipinski definition) is 4. The van der Waals surface area contributed by atoms with Gasteiger partial charge >= 0.3 is 0 Å². The summed E-state index contributed by atoms with van der Waals surface area (Å²) in [5, 5.41) is 1.47. The van der Waals surface area contributed by atoms with E-state index in [2.05, 4.69) is 45.7 Å². The lowest BCUT2D eigenvalue weighted by Crippen LogP contribution is -2.19. The summed E-state index contributed by atoms with van der Waals surface area (Å²) in [6, 6.07) is 5.10. The van der Waals surface area contributed by atoms with Crippen LogP contribution in [0.2, 0.25) is 5.02 Å². The number of thioether (sulfide) groups is 1. The van der Waals surface area contributed by atoms with E-state index < -0.39 is 0 Å². The molecule has 1 heterocycles. The van der Waals surface area contributed by atoms with Gasteiger partial charge in [-0.15, -0.1) is 0 Å². The number of allylic oxidation sites excluding steroid dienone is 2. The molecule has 1 aliphatic heterocycles. The average Bonchev–Trinajstić information content (AvgIpc) is 2.89. The molecule has 5 heteroatoms. The van der Waals surface area contributed by atoms with Gasteiger partial charge in [0.25, 0.3) is 0 Å². The second-order valence-corrected chi connectivity index (χ2v) is 9.08. The fraction of sp³-hybridized carbons (Fsp3) is 0.450. The molecule has 0 saturated heterocycles. The Hall–Kier alpha value is -1.39. The normalized spacial score (nSPS) is 16.6. The molecule has 25 heavy (non-hydrogen) atoms. The highest BCUT2D eigenvalue weighted by atomic mass is 35.5. The lowest BCUT2D eigenvalue weighted by Gasteiger charge is -2.19. The molecule has 0 unspecified atom stereocenters. The third-order valence-corrected chi connectivity index (χ3v) is 5.49. The van der Waals surface area contributed by atoms with Gasteiger partial charge in [-0.3, -0.25) is 4.79 Å². The number of ketones is 1. The maximum Gasteiger partial charge on any atom is 0.192 e. The van der Waals surface area contributed by atoms with Crippen LogP contribution in [0.25, 0.3) is 0 Å². The number of nitrogens with zero attached hydrogens (tertiary/aromatic N) is 1. The average molecular weight is 380 g/mol. The zero-order valence-corrected chi connectivity index (χ0v) is 17.3. The van der Waals surface area contributed by atoms with E-state index in [0.29, 0.717) is 22.3 Å². The maximum absolute atomic E-state index is 12.8. The van der Waals surface area contributed by atoms with E-state index in [9.17, 15) is 4.79 Å². The van der Waals surface area contributed by atoms with Crippen LogP contribution in [0, 0.1) is 11.3 Å². The summed E-state index contributed by atoms with van der Waals surface area (Å²) in [5.41, 5.74) is 0.531. The predicted octanol–water partition coefficient (Wildman–Crippen LogP) is 5.97. The van der Waals surface area contributed by atoms with Crippen molar-refractivity contribution in [3.63, 3.8) is 0 Å². The molecule has 0 spiro atoms. The van der Waals surface area contributed by atoms with Crippen LogP contribution in [0.4, 0.5) is 0 Å². The minimum Gasteiger partial charge on any atom is -0.496 e. The molecular weight excluding hydrogens is 354 g/mol. The Morgan fingerprint density at radius 2 is 2.04 bits per heavy atom. The van der Waals surface area contributed by atoms with Crippen molar-refractivity contribution >= 4 is 29.1 Å². The highest BCUT2D eigenvalue weighted by molar-refractivity contribution is 8.07. The van der Waals surface area contributed by atoms with Crippen molar-refractivity contribution < 1.29 is 9.53 Å². The Morgan fingerprint density at radius 1 is 1.36 bits per heavy atom. The summed E-state index contributed by atoms with van der Waals surface area (Å²) in [7, 11) is 1.56. The topological polar surface area (TPSA) is 29.5 Å². The molecule has 0 aromatic heterocycles. The summed E-state index contributed by atoms with van der Waals surface area (Å²) in [6.07, 6.45) is 3.86. The predicted molar refractivity (Wildman–Crippen MR) is 107 cm³/mol. The van der Waals surface area contributed by atoms with Gasteiger partial charge < -0.3 is 9.64 Å². The first-order valence-corrected chi connectivity index (χ1v) is 9.57. The molecule has 2 rings (SSSR count). The summed E-state index contributed by atoms with van der Waals surface area (Å²) in [5.74, 6) is 0.934. The largest absolute Gasteiger partial charge is 0.496 e. The van der Waals surface area contributed by atoms with Gasteiger partial charge in [-0.1, -0.05) is 58.0 Å². The van der Waals surface area contributed by atoms with Gasteiger partial charge in [-0.2, -0.15) is 0 Å². The molecule has 3 nitrogen and oxygen atoms in total. The quantitative estimate of drug-likeness (QED) is 0.466. The van der Waals surface area contributed by atoms with E-state index in [1.54, 1.807) is 43.1 Å². The van der Waals surface area contributed by atoms with Crippen LogP contribution < -0.4 is 4.74 Å². The Bertz CT molecular complexity index is 717. The number of benzene rings is 1. The molecule has 0 N–H and O–H groups in total. The Kier molecular flexibility index (Phi) is 6.28. The van der Waals surface area contributed by atoms with Crippen LogP contribution >= 0.6 is 23.4 Å². The number of hydrogen-bond donors (Lipinski definition) is 0. The van der Waals surface area contributed by atoms with Gasteiger partial charge in [0.2, 0.25) is 0 Å². The molecule has 1 aromatic rings. The van der Waals surface area contributed by atoms with Gasteiger partial charge in [0.1, 0.15) is 5.75 Å². The molecule has 0 atom stereocenters. The van der Waals surface area contributed by atoms with Crippen LogP contribution in [0.1, 0.15) is 45.0 Å². The van der Waals surface area contributed by atoms with Crippen molar-refractivity contribution in [3.05, 3.63) is 51.0 Å². The van der Waals surface area contributed by atoms with E-state index in [1.165, 1.54) is 4.91 Å². The second kappa shape index (κ2) is 7.88. The fourth-order valence-electron chi connectivity index (χ4n) is 2.46. The van der Waals surface area contributed by atoms with Crippen LogP contribution in [0.3, 0.4) is 0 Å². The van der Waals surface area contributed by atoms with Gasteiger partial charge in [0.15, 0.2) is 5.78 Å². The lowest BCUT2D eigenvalue weighted by molar-refractivity contribution is 0.104. The van der Waals surface area contributed by atoms with Gasteiger partial charge in [0.05, 0.1) is 17.7 Å². The molecule has 0 amide bonds. The van der Waals surface area contributed by atoms with Crippen LogP contribution in [-0.4, -0.2) is 24.3 Å². The summed E-state index contributed by atoms with van der Waals surface area (Å²) in [4.78, 5) is 16.3. The number of rotatable bonds is 5. The first-order chi connectivity index (χ1) is 11.6. The standard InChI is InChI=1S/C20H26ClNO2S/c1-13(2)11-22-12-18(20(3,4)5)25-19(22)10-16(23)15-9-14(21)7-8-17(15)24-6/h7-10,12-13H,11H2,1-6H3/b19-10-. The third-order valence-electron chi connectivity index (χ3n) is 3.75. The van der Waals surface area contributed by atoms with Crippen molar-refractivity contribution in [2.75, 3.05) is 13.7 Å². The first-order valence-electron chi connectivity index (χ1n) is 8.38. The van der Waals surface area contributed by atoms with E-state index in [-0.39, 0.29) is 11.2 Å². The number of carbonyl (C=O) groups excluding carboxylic acids is 1. The van der Waals surface area contributed by atoms with Gasteiger partial charge in [-0.05, 0) is 29.5 Å². The Morgan fingerprint density at radius 3 is 2.60 bits per heavy atom. The SMILES string of the molecule is COc1ccc(Cl)cc1C(=O)/C=C1\SC(C(C)(C)C)=CN1CC(C)C. The minimum absolute atomic E-state index is 0.0479. The number of halogens is 1. The highest BCUT2D eigenvalue weighted by Crippen LogP contribution is 2.45. The van der Waals surface area contributed by atoms with E-state index in [4.69, 9.17) is 16.3 Å². The molecule has 0 saturated carbocycles. The third kappa shape index (κ3) is 5.05. The Balaban J connectivity index is 2.35. The lowest BCUT2D eigenvalue weighted by atomic mass is 9.96. The molecule has 0 fully saturated rings. The fourth-order valence-corrected chi connectivity index (χ4v) is 3.75. The molecule has 0 radical (unpaired) electrons. The summed E-state index contributed by atoms with van der Waals surface area (Å²) < 4.78 is 5.31. The molecular formula is C20H26ClNO2S. The van der Waals surface area contributed by atoms with E-state index in [1.807, 2.05) is 0 Å². The molecule has 1 aromatic carbocycles. The molecule has 0 aliphatic carbocycles. The van der Waals surface area contributed by atoms with Crippen molar-refractivity contribution in [3.8, 4) is 5.75 Å². The van der Waals surface area contributed by atoms with Crippen molar-refractivity contribution in [2.45, 2.75) is 34.6 Å². The van der Waals surface area contributed by atoms with E-state index >= 15 is 0 Å². The summed E-state index contributed by atoms with van der Waals surface area (Å²) >= 11 is 7.72. The molecule has 1 aliphatic rings. The van der Waals surface area contributed by atoms with Crippen molar-refractivity contribution in [2.24, 2.45) is 11.3 Å². The van der Waals surface area contributed by atoms with E-state index in [0.717, 1.165) is 11.6 Å².